The van der Waals surface area contributed by atoms with Crippen LogP contribution in [-0.4, -0.2) is 16.1 Å². The van der Waals surface area contributed by atoms with Crippen LogP contribution in [0.15, 0.2) is 71.1 Å². The van der Waals surface area contributed by atoms with Gasteiger partial charge in [-0.25, -0.2) is 4.98 Å². The average Bonchev–Trinajstić information content (AvgIpc) is 3.05. The van der Waals surface area contributed by atoms with Crippen LogP contribution in [0, 0.1) is 0 Å². The highest BCUT2D eigenvalue weighted by atomic mass is 16.4. The monoisotopic (exact) mass is 329 g/mol. The van der Waals surface area contributed by atoms with E-state index in [2.05, 4.69) is 4.98 Å². The molecule has 4 aromatic rings. The highest BCUT2D eigenvalue weighted by Crippen LogP contribution is 2.28. The van der Waals surface area contributed by atoms with E-state index in [4.69, 9.17) is 4.42 Å². The third-order valence-corrected chi connectivity index (χ3v) is 4.06. The number of carbonyl (C=O) groups is 1. The topological polar surface area (TPSA) is 63.3 Å². The van der Waals surface area contributed by atoms with Gasteiger partial charge in [-0.15, -0.1) is 0 Å². The molecule has 0 radical (unpaired) electrons. The lowest BCUT2D eigenvalue weighted by Gasteiger charge is -2.05. The largest absolute Gasteiger partial charge is 0.481 e. The molecule has 0 bridgehead atoms. The van der Waals surface area contributed by atoms with Crippen molar-refractivity contribution in [3.8, 4) is 0 Å². The van der Waals surface area contributed by atoms with Gasteiger partial charge >= 0.3 is 5.97 Å². The Morgan fingerprint density at radius 1 is 1.00 bits per heavy atom. The fraction of sp³-hybridized carbons (Fsp3) is 0.0476. The van der Waals surface area contributed by atoms with Gasteiger partial charge in [-0.1, -0.05) is 54.6 Å². The van der Waals surface area contributed by atoms with Gasteiger partial charge in [-0.2, -0.15) is 0 Å². The summed E-state index contributed by atoms with van der Waals surface area (Å²) in [6.45, 7) is 0. The highest BCUT2D eigenvalue weighted by molar-refractivity contribution is 5.97. The van der Waals surface area contributed by atoms with Crippen molar-refractivity contribution in [2.45, 2.75) is 6.42 Å². The maximum absolute atomic E-state index is 11.3. The van der Waals surface area contributed by atoms with E-state index in [9.17, 15) is 9.90 Å². The minimum absolute atomic E-state index is 0.157. The van der Waals surface area contributed by atoms with Crippen molar-refractivity contribution in [2.24, 2.45) is 0 Å². The molecule has 0 atom stereocenters. The Balaban J connectivity index is 1.88. The first kappa shape index (κ1) is 15.1. The minimum atomic E-state index is -0.922. The number of aromatic nitrogens is 1. The van der Waals surface area contributed by atoms with Crippen LogP contribution >= 0.6 is 0 Å². The van der Waals surface area contributed by atoms with Crippen LogP contribution in [0.2, 0.25) is 0 Å². The predicted molar refractivity (Wildman–Crippen MR) is 98.1 cm³/mol. The van der Waals surface area contributed by atoms with Gasteiger partial charge in [-0.05, 0) is 34.5 Å². The van der Waals surface area contributed by atoms with Crippen molar-refractivity contribution in [1.82, 2.24) is 4.98 Å². The quantitative estimate of drug-likeness (QED) is 0.572. The molecule has 0 aliphatic rings. The lowest BCUT2D eigenvalue weighted by molar-refractivity contribution is -0.135. The average molecular weight is 329 g/mol. The molecular formula is C21H15NO3. The molecule has 0 fully saturated rings. The van der Waals surface area contributed by atoms with Gasteiger partial charge in [0.15, 0.2) is 5.58 Å². The van der Waals surface area contributed by atoms with Crippen molar-refractivity contribution in [2.75, 3.05) is 0 Å². The van der Waals surface area contributed by atoms with Crippen LogP contribution in [0.5, 0.6) is 0 Å². The van der Waals surface area contributed by atoms with Crippen LogP contribution in [-0.2, 0) is 4.79 Å². The summed E-state index contributed by atoms with van der Waals surface area (Å²) in [5, 5.41) is 11.5. The third kappa shape index (κ3) is 3.02. The molecule has 25 heavy (non-hydrogen) atoms. The maximum Gasteiger partial charge on any atom is 0.308 e. The number of oxazole rings is 1. The predicted octanol–water partition coefficient (Wildman–Crippen LogP) is 5.00. The zero-order valence-electron chi connectivity index (χ0n) is 13.3. The number of carboxylic acid groups (broad SMARTS) is 1. The first-order chi connectivity index (χ1) is 12.2. The number of hydrogen-bond acceptors (Lipinski definition) is 3. The standard InChI is InChI=1S/C21H15NO3/c23-20(24)13-16(21-22-18-10-3-4-11-19(18)25-21)12-15-8-5-7-14-6-1-2-9-17(14)15/h1-12H,13H2,(H,23,24)/b16-12+. The van der Waals surface area contributed by atoms with Gasteiger partial charge in [0.2, 0.25) is 5.89 Å². The van der Waals surface area contributed by atoms with Crippen LogP contribution in [0.25, 0.3) is 33.5 Å². The normalized spacial score (nSPS) is 11.9. The molecule has 0 spiro atoms. The van der Waals surface area contributed by atoms with E-state index < -0.39 is 5.97 Å². The summed E-state index contributed by atoms with van der Waals surface area (Å²) in [5.41, 5.74) is 2.84. The van der Waals surface area contributed by atoms with Gasteiger partial charge in [0, 0.05) is 5.57 Å². The number of benzene rings is 3. The second kappa shape index (κ2) is 6.24. The van der Waals surface area contributed by atoms with E-state index >= 15 is 0 Å². The number of aliphatic carboxylic acids is 1. The highest BCUT2D eigenvalue weighted by Gasteiger charge is 2.14. The van der Waals surface area contributed by atoms with Crippen molar-refractivity contribution < 1.29 is 14.3 Å². The molecule has 4 rings (SSSR count). The summed E-state index contributed by atoms with van der Waals surface area (Å²) in [6, 6.07) is 21.4. The molecular weight excluding hydrogens is 314 g/mol. The van der Waals surface area contributed by atoms with Crippen LogP contribution in [0.1, 0.15) is 17.9 Å². The number of rotatable bonds is 4. The van der Waals surface area contributed by atoms with E-state index in [0.29, 0.717) is 22.6 Å². The smallest absolute Gasteiger partial charge is 0.308 e. The minimum Gasteiger partial charge on any atom is -0.481 e. The molecule has 0 unspecified atom stereocenters. The summed E-state index contributed by atoms with van der Waals surface area (Å²) in [6.07, 6.45) is 1.69. The summed E-state index contributed by atoms with van der Waals surface area (Å²) in [4.78, 5) is 15.8. The van der Waals surface area contributed by atoms with Gasteiger partial charge in [0.25, 0.3) is 0 Å². The Labute approximate surface area is 144 Å². The number of carboxylic acids is 1. The van der Waals surface area contributed by atoms with Crippen molar-refractivity contribution in [3.63, 3.8) is 0 Å². The van der Waals surface area contributed by atoms with Crippen LogP contribution in [0.4, 0.5) is 0 Å². The summed E-state index contributed by atoms with van der Waals surface area (Å²) in [7, 11) is 0. The van der Waals surface area contributed by atoms with E-state index in [1.165, 1.54) is 0 Å². The second-order valence-electron chi connectivity index (χ2n) is 5.80. The Bertz CT molecular complexity index is 1070. The molecule has 0 aliphatic carbocycles. The molecule has 122 valence electrons. The van der Waals surface area contributed by atoms with Crippen LogP contribution in [0.3, 0.4) is 0 Å². The van der Waals surface area contributed by atoms with Gasteiger partial charge in [0.1, 0.15) is 5.52 Å². The first-order valence-electron chi connectivity index (χ1n) is 7.97. The third-order valence-electron chi connectivity index (χ3n) is 4.06. The molecule has 4 heteroatoms. The molecule has 1 aromatic heterocycles. The molecule has 0 aliphatic heterocycles. The number of para-hydroxylation sites is 2. The van der Waals surface area contributed by atoms with E-state index in [-0.39, 0.29) is 6.42 Å². The number of fused-ring (bicyclic) bond motifs is 2. The SMILES string of the molecule is O=C(O)C/C(=C\c1cccc2ccccc12)c1nc2ccccc2o1. The Kier molecular flexibility index (Phi) is 3.78. The van der Waals surface area contributed by atoms with Crippen molar-refractivity contribution in [1.29, 1.82) is 0 Å². The molecule has 3 aromatic carbocycles. The zero-order valence-corrected chi connectivity index (χ0v) is 13.3. The fourth-order valence-corrected chi connectivity index (χ4v) is 2.92. The van der Waals surface area contributed by atoms with Crippen molar-refractivity contribution >= 4 is 39.5 Å². The Morgan fingerprint density at radius 3 is 2.60 bits per heavy atom. The fourth-order valence-electron chi connectivity index (χ4n) is 2.92. The number of nitrogens with zero attached hydrogens (tertiary/aromatic N) is 1. The summed E-state index contributed by atoms with van der Waals surface area (Å²) < 4.78 is 5.77. The van der Waals surface area contributed by atoms with E-state index in [1.807, 2.05) is 72.8 Å². The molecule has 1 heterocycles. The lowest BCUT2D eigenvalue weighted by Crippen LogP contribution is -1.97. The summed E-state index contributed by atoms with van der Waals surface area (Å²) >= 11 is 0. The molecule has 1 N–H and O–H groups in total. The first-order valence-corrected chi connectivity index (χ1v) is 7.97. The second-order valence-corrected chi connectivity index (χ2v) is 5.80. The van der Waals surface area contributed by atoms with Gasteiger partial charge < -0.3 is 9.52 Å². The molecule has 0 saturated heterocycles. The molecule has 4 nitrogen and oxygen atoms in total. The zero-order chi connectivity index (χ0) is 17.2. The maximum atomic E-state index is 11.3. The van der Waals surface area contributed by atoms with Crippen LogP contribution < -0.4 is 0 Å². The molecule has 0 amide bonds. The Morgan fingerprint density at radius 2 is 1.76 bits per heavy atom. The lowest BCUT2D eigenvalue weighted by atomic mass is 10.0. The van der Waals surface area contributed by atoms with Gasteiger partial charge in [0.05, 0.1) is 6.42 Å². The van der Waals surface area contributed by atoms with E-state index in [0.717, 1.165) is 16.3 Å². The van der Waals surface area contributed by atoms with Crippen molar-refractivity contribution in [3.05, 3.63) is 78.2 Å². The molecule has 0 saturated carbocycles. The Hall–Kier alpha value is -3.40. The summed E-state index contributed by atoms with van der Waals surface area (Å²) in [5.74, 6) is -0.578. The number of hydrogen-bond donors (Lipinski definition) is 1. The van der Waals surface area contributed by atoms with E-state index in [1.54, 1.807) is 0 Å². The van der Waals surface area contributed by atoms with Gasteiger partial charge in [-0.3, -0.25) is 4.79 Å².